The van der Waals surface area contributed by atoms with Gasteiger partial charge in [0.25, 0.3) is 0 Å². The van der Waals surface area contributed by atoms with Gasteiger partial charge in [-0.3, -0.25) is 9.69 Å². The molecule has 3 fully saturated rings. The first-order valence-electron chi connectivity index (χ1n) is 11.5. The Morgan fingerprint density at radius 3 is 2.20 bits per heavy atom. The molecular weight excluding hydrogens is 398 g/mol. The van der Waals surface area contributed by atoms with Crippen molar-refractivity contribution < 1.29 is 13.2 Å². The molecular formula is C23H35N3O3S. The summed E-state index contributed by atoms with van der Waals surface area (Å²) in [7, 11) is -3.51. The van der Waals surface area contributed by atoms with Crippen LogP contribution in [-0.4, -0.2) is 62.4 Å². The lowest BCUT2D eigenvalue weighted by atomic mass is 9.85. The Kier molecular flexibility index (Phi) is 6.80. The molecule has 3 aliphatic rings. The van der Waals surface area contributed by atoms with Crippen LogP contribution in [0.3, 0.4) is 0 Å². The zero-order valence-electron chi connectivity index (χ0n) is 18.1. The van der Waals surface area contributed by atoms with E-state index in [9.17, 15) is 13.2 Å². The highest BCUT2D eigenvalue weighted by molar-refractivity contribution is 7.89. The molecule has 1 heterocycles. The second kappa shape index (κ2) is 9.37. The summed E-state index contributed by atoms with van der Waals surface area (Å²) >= 11 is 0. The van der Waals surface area contributed by atoms with E-state index in [0.717, 1.165) is 63.5 Å². The van der Waals surface area contributed by atoms with Crippen molar-refractivity contribution in [2.24, 2.45) is 5.92 Å². The molecule has 30 heavy (non-hydrogen) atoms. The third-order valence-corrected chi connectivity index (χ3v) is 8.93. The molecule has 166 valence electrons. The molecule has 0 bridgehead atoms. The molecule has 1 N–H and O–H groups in total. The quantitative estimate of drug-likeness (QED) is 0.775. The number of piperazine rings is 1. The van der Waals surface area contributed by atoms with Gasteiger partial charge in [0.05, 0.1) is 4.90 Å². The second-order valence-electron chi connectivity index (χ2n) is 9.23. The van der Waals surface area contributed by atoms with Crippen LogP contribution >= 0.6 is 0 Å². The maximum absolute atomic E-state index is 13.0. The molecule has 0 unspecified atom stereocenters. The highest BCUT2D eigenvalue weighted by Gasteiger charge is 2.34. The number of amides is 1. The van der Waals surface area contributed by atoms with Crippen molar-refractivity contribution in [1.29, 1.82) is 0 Å². The maximum Gasteiger partial charge on any atom is 0.241 e. The molecule has 4 rings (SSSR count). The van der Waals surface area contributed by atoms with Crippen molar-refractivity contribution in [3.05, 3.63) is 29.8 Å². The minimum absolute atomic E-state index is 0.0437. The van der Waals surface area contributed by atoms with Crippen molar-refractivity contribution in [2.45, 2.75) is 75.3 Å². The van der Waals surface area contributed by atoms with Gasteiger partial charge in [-0.1, -0.05) is 31.0 Å². The maximum atomic E-state index is 13.0. The first kappa shape index (κ1) is 21.8. The predicted octanol–water partition coefficient (Wildman–Crippen LogP) is 2.92. The fraction of sp³-hybridized carbons (Fsp3) is 0.696. The third-order valence-electron chi connectivity index (χ3n) is 7.25. The lowest BCUT2D eigenvalue weighted by molar-refractivity contribution is -0.138. The van der Waals surface area contributed by atoms with Gasteiger partial charge >= 0.3 is 0 Å². The minimum Gasteiger partial charge on any atom is -0.340 e. The number of hydrogen-bond donors (Lipinski definition) is 1. The average molecular weight is 434 g/mol. The molecule has 1 aliphatic heterocycles. The van der Waals surface area contributed by atoms with E-state index < -0.39 is 10.0 Å². The van der Waals surface area contributed by atoms with Gasteiger partial charge in [-0.15, -0.1) is 0 Å². The number of benzene rings is 1. The van der Waals surface area contributed by atoms with Gasteiger partial charge in [0, 0.05) is 44.2 Å². The predicted molar refractivity (Wildman–Crippen MR) is 118 cm³/mol. The van der Waals surface area contributed by atoms with E-state index in [1.54, 1.807) is 12.1 Å². The van der Waals surface area contributed by atoms with E-state index in [0.29, 0.717) is 4.90 Å². The standard InChI is InChI=1S/C23H35N3O3S/c1-18-6-2-5-9-22(18)30(28,29)24-20-12-10-19(11-13-20)23(27)26-16-14-25(15-17-26)21-7-3-4-8-21/h2,5-6,9,19-21,24H,3-4,7-8,10-17H2,1H3/t19-,20-. The number of nitrogens with zero attached hydrogens (tertiary/aromatic N) is 2. The van der Waals surface area contributed by atoms with Crippen LogP contribution in [0.4, 0.5) is 0 Å². The van der Waals surface area contributed by atoms with Crippen LogP contribution in [0.2, 0.25) is 0 Å². The van der Waals surface area contributed by atoms with Gasteiger partial charge in [0.15, 0.2) is 0 Å². The van der Waals surface area contributed by atoms with Crippen LogP contribution in [0.5, 0.6) is 0 Å². The molecule has 1 amide bonds. The number of sulfonamides is 1. The molecule has 0 radical (unpaired) electrons. The van der Waals surface area contributed by atoms with Crippen LogP contribution in [0.1, 0.15) is 56.9 Å². The minimum atomic E-state index is -3.51. The fourth-order valence-corrected chi connectivity index (χ4v) is 6.99. The van der Waals surface area contributed by atoms with Gasteiger partial charge in [-0.2, -0.15) is 0 Å². The van der Waals surface area contributed by atoms with E-state index in [-0.39, 0.29) is 17.9 Å². The molecule has 2 aliphatic carbocycles. The van der Waals surface area contributed by atoms with Crippen molar-refractivity contribution in [3.8, 4) is 0 Å². The summed E-state index contributed by atoms with van der Waals surface area (Å²) in [5, 5.41) is 0. The summed E-state index contributed by atoms with van der Waals surface area (Å²) in [6.07, 6.45) is 8.31. The fourth-order valence-electron chi connectivity index (χ4n) is 5.43. The normalized spacial score (nSPS) is 26.8. The highest BCUT2D eigenvalue weighted by atomic mass is 32.2. The molecule has 7 heteroatoms. The summed E-state index contributed by atoms with van der Waals surface area (Å²) in [5.41, 5.74) is 0.755. The van der Waals surface area contributed by atoms with E-state index in [2.05, 4.69) is 9.62 Å². The number of carbonyl (C=O) groups is 1. The molecule has 0 spiro atoms. The van der Waals surface area contributed by atoms with Crippen molar-refractivity contribution in [3.63, 3.8) is 0 Å². The molecule has 1 aromatic rings. The lowest BCUT2D eigenvalue weighted by Gasteiger charge is -2.40. The van der Waals surface area contributed by atoms with Crippen LogP contribution in [0, 0.1) is 12.8 Å². The summed E-state index contributed by atoms with van der Waals surface area (Å²) in [5.74, 6) is 0.323. The van der Waals surface area contributed by atoms with Crippen LogP contribution < -0.4 is 4.72 Å². The SMILES string of the molecule is Cc1ccccc1S(=O)(=O)N[C@H]1CC[C@H](C(=O)N2CCN(C3CCCC3)CC2)CC1. The topological polar surface area (TPSA) is 69.7 Å². The average Bonchev–Trinajstić information content (AvgIpc) is 3.29. The number of carbonyl (C=O) groups excluding carboxylic acids is 1. The van der Waals surface area contributed by atoms with Gasteiger partial charge in [-0.05, 0) is 57.1 Å². The van der Waals surface area contributed by atoms with Crippen LogP contribution in [0.15, 0.2) is 29.2 Å². The summed E-state index contributed by atoms with van der Waals surface area (Å²) in [6, 6.07) is 7.72. The molecule has 0 aromatic heterocycles. The Balaban J connectivity index is 1.25. The van der Waals surface area contributed by atoms with Crippen LogP contribution in [-0.2, 0) is 14.8 Å². The number of aryl methyl sites for hydroxylation is 1. The molecule has 2 saturated carbocycles. The third kappa shape index (κ3) is 4.89. The molecule has 1 aromatic carbocycles. The van der Waals surface area contributed by atoms with Gasteiger partial charge in [-0.25, -0.2) is 13.1 Å². The highest BCUT2D eigenvalue weighted by Crippen LogP contribution is 2.29. The van der Waals surface area contributed by atoms with Crippen molar-refractivity contribution in [1.82, 2.24) is 14.5 Å². The first-order chi connectivity index (χ1) is 14.4. The zero-order chi connectivity index (χ0) is 21.1. The van der Waals surface area contributed by atoms with E-state index in [1.165, 1.54) is 25.7 Å². The Bertz CT molecular complexity index is 835. The smallest absolute Gasteiger partial charge is 0.241 e. The van der Waals surface area contributed by atoms with Gasteiger partial charge < -0.3 is 4.90 Å². The summed E-state index contributed by atoms with van der Waals surface area (Å²) < 4.78 is 28.3. The largest absolute Gasteiger partial charge is 0.340 e. The van der Waals surface area contributed by atoms with Gasteiger partial charge in [0.1, 0.15) is 0 Å². The molecule has 0 atom stereocenters. The Labute approximate surface area is 181 Å². The lowest BCUT2D eigenvalue weighted by Crippen LogP contribution is -2.53. The number of hydrogen-bond acceptors (Lipinski definition) is 4. The second-order valence-corrected chi connectivity index (χ2v) is 10.9. The van der Waals surface area contributed by atoms with E-state index in [4.69, 9.17) is 0 Å². The first-order valence-corrected chi connectivity index (χ1v) is 13.0. The summed E-state index contributed by atoms with van der Waals surface area (Å²) in [4.78, 5) is 18.0. The number of nitrogens with one attached hydrogen (secondary N) is 1. The van der Waals surface area contributed by atoms with Crippen molar-refractivity contribution >= 4 is 15.9 Å². The molecule has 1 saturated heterocycles. The monoisotopic (exact) mass is 433 g/mol. The van der Waals surface area contributed by atoms with E-state index >= 15 is 0 Å². The summed E-state index contributed by atoms with van der Waals surface area (Å²) in [6.45, 7) is 5.50. The van der Waals surface area contributed by atoms with E-state index in [1.807, 2.05) is 24.0 Å². The Hall–Kier alpha value is -1.44. The zero-order valence-corrected chi connectivity index (χ0v) is 18.9. The Morgan fingerprint density at radius 1 is 0.933 bits per heavy atom. The number of rotatable bonds is 5. The van der Waals surface area contributed by atoms with Gasteiger partial charge in [0.2, 0.25) is 15.9 Å². The van der Waals surface area contributed by atoms with Crippen molar-refractivity contribution in [2.75, 3.05) is 26.2 Å². The molecule has 6 nitrogen and oxygen atoms in total. The van der Waals surface area contributed by atoms with Crippen LogP contribution in [0.25, 0.3) is 0 Å². The Morgan fingerprint density at radius 2 is 1.57 bits per heavy atom.